The lowest BCUT2D eigenvalue weighted by molar-refractivity contribution is -0.122. The Labute approximate surface area is 156 Å². The summed E-state index contributed by atoms with van der Waals surface area (Å²) in [4.78, 5) is 38.1. The van der Waals surface area contributed by atoms with Crippen LogP contribution in [0.3, 0.4) is 0 Å². The zero-order chi connectivity index (χ0) is 19.6. The van der Waals surface area contributed by atoms with Crippen LogP contribution in [-0.4, -0.2) is 43.3 Å². The molecule has 27 heavy (non-hydrogen) atoms. The number of hydrogen-bond donors (Lipinski definition) is 3. The minimum Gasteiger partial charge on any atom is -0.344 e. The molecule has 146 valence electrons. The second kappa shape index (κ2) is 7.87. The number of carbonyl (C=O) groups excluding carboxylic acids is 1. The molecular formula is C17H25N7O3. The lowest BCUT2D eigenvalue weighted by Gasteiger charge is -2.23. The van der Waals surface area contributed by atoms with E-state index in [-0.39, 0.29) is 24.4 Å². The number of carbonyl (C=O) groups is 1. The third-order valence-corrected chi connectivity index (χ3v) is 4.66. The maximum absolute atomic E-state index is 12.6. The summed E-state index contributed by atoms with van der Waals surface area (Å²) < 4.78 is 3.25. The summed E-state index contributed by atoms with van der Waals surface area (Å²) >= 11 is 0. The maximum Gasteiger partial charge on any atom is 0.328 e. The Morgan fingerprint density at radius 3 is 2.81 bits per heavy atom. The van der Waals surface area contributed by atoms with Gasteiger partial charge in [-0.15, -0.1) is 10.2 Å². The van der Waals surface area contributed by atoms with Crippen molar-refractivity contribution in [2.45, 2.75) is 46.3 Å². The molecule has 2 aromatic heterocycles. The van der Waals surface area contributed by atoms with Gasteiger partial charge in [0, 0.05) is 37.8 Å². The van der Waals surface area contributed by atoms with Crippen molar-refractivity contribution in [3.05, 3.63) is 44.2 Å². The van der Waals surface area contributed by atoms with Crippen molar-refractivity contribution in [1.29, 1.82) is 0 Å². The largest absolute Gasteiger partial charge is 0.344 e. The highest BCUT2D eigenvalue weighted by molar-refractivity contribution is 5.76. The fourth-order valence-corrected chi connectivity index (χ4v) is 3.16. The van der Waals surface area contributed by atoms with Gasteiger partial charge < -0.3 is 15.2 Å². The van der Waals surface area contributed by atoms with E-state index in [9.17, 15) is 14.4 Å². The van der Waals surface area contributed by atoms with Crippen molar-refractivity contribution in [1.82, 2.24) is 34.9 Å². The molecule has 3 heterocycles. The Hall–Kier alpha value is -2.75. The highest BCUT2D eigenvalue weighted by atomic mass is 16.2. The zero-order valence-corrected chi connectivity index (χ0v) is 15.8. The molecule has 1 unspecified atom stereocenters. The predicted molar refractivity (Wildman–Crippen MR) is 98.4 cm³/mol. The van der Waals surface area contributed by atoms with E-state index < -0.39 is 11.2 Å². The lowest BCUT2D eigenvalue weighted by atomic mass is 10.0. The molecule has 10 heteroatoms. The van der Waals surface area contributed by atoms with E-state index in [4.69, 9.17) is 0 Å². The fourth-order valence-electron chi connectivity index (χ4n) is 3.16. The summed E-state index contributed by atoms with van der Waals surface area (Å²) in [6, 6.07) is -0.323. The number of amides is 1. The van der Waals surface area contributed by atoms with E-state index in [1.165, 1.54) is 10.8 Å². The van der Waals surface area contributed by atoms with Gasteiger partial charge in [-0.25, -0.2) is 4.79 Å². The average molecular weight is 375 g/mol. The smallest absolute Gasteiger partial charge is 0.328 e. The van der Waals surface area contributed by atoms with E-state index in [1.54, 1.807) is 6.92 Å². The number of aryl methyl sites for hydroxylation is 1. The van der Waals surface area contributed by atoms with Crippen LogP contribution in [0.15, 0.2) is 15.8 Å². The quantitative estimate of drug-likeness (QED) is 0.621. The van der Waals surface area contributed by atoms with E-state index in [1.807, 2.05) is 13.8 Å². The molecule has 0 spiro atoms. The van der Waals surface area contributed by atoms with Crippen LogP contribution in [0.25, 0.3) is 0 Å². The molecule has 3 N–H and O–H groups in total. The molecule has 1 amide bonds. The molecule has 1 atom stereocenters. The standard InChI is InChI=1S/C17H25N7O3/c1-10(2)14(15-22-21-12-4-5-18-6-7-24(12)15)19-13(25)9-23-8-11(3)16(26)20-17(23)27/h8,10,14,18H,4-7,9H2,1-3H3,(H,19,25)(H,20,26,27). The molecule has 1 aliphatic rings. The van der Waals surface area contributed by atoms with Gasteiger partial charge in [-0.3, -0.25) is 19.1 Å². The molecule has 0 saturated heterocycles. The second-order valence-corrected chi connectivity index (χ2v) is 7.11. The summed E-state index contributed by atoms with van der Waals surface area (Å²) in [5.41, 5.74) is -0.682. The third kappa shape index (κ3) is 4.16. The van der Waals surface area contributed by atoms with Gasteiger partial charge in [0.25, 0.3) is 5.56 Å². The maximum atomic E-state index is 12.6. The molecule has 0 fully saturated rings. The molecule has 3 rings (SSSR count). The number of nitrogens with one attached hydrogen (secondary N) is 3. The van der Waals surface area contributed by atoms with Gasteiger partial charge in [0.15, 0.2) is 5.82 Å². The number of H-pyrrole nitrogens is 1. The number of hydrogen-bond acceptors (Lipinski definition) is 6. The van der Waals surface area contributed by atoms with Crippen molar-refractivity contribution in [3.63, 3.8) is 0 Å². The molecular weight excluding hydrogens is 350 g/mol. The monoisotopic (exact) mass is 375 g/mol. The molecule has 10 nitrogen and oxygen atoms in total. The van der Waals surface area contributed by atoms with Crippen LogP contribution in [0.1, 0.15) is 37.1 Å². The Balaban J connectivity index is 1.80. The Bertz CT molecular complexity index is 941. The van der Waals surface area contributed by atoms with Gasteiger partial charge in [0.1, 0.15) is 12.4 Å². The second-order valence-electron chi connectivity index (χ2n) is 7.11. The summed E-state index contributed by atoms with van der Waals surface area (Å²) in [6.45, 7) is 7.82. The van der Waals surface area contributed by atoms with E-state index in [0.29, 0.717) is 5.56 Å². The van der Waals surface area contributed by atoms with E-state index >= 15 is 0 Å². The summed E-state index contributed by atoms with van der Waals surface area (Å²) in [5.74, 6) is 1.39. The third-order valence-electron chi connectivity index (χ3n) is 4.66. The van der Waals surface area contributed by atoms with Gasteiger partial charge >= 0.3 is 5.69 Å². The number of aromatic amines is 1. The van der Waals surface area contributed by atoms with Crippen LogP contribution in [0, 0.1) is 12.8 Å². The van der Waals surface area contributed by atoms with Crippen LogP contribution < -0.4 is 21.9 Å². The van der Waals surface area contributed by atoms with Crippen molar-refractivity contribution in [3.8, 4) is 0 Å². The molecule has 0 aliphatic carbocycles. The van der Waals surface area contributed by atoms with Crippen molar-refractivity contribution < 1.29 is 4.79 Å². The fraction of sp³-hybridized carbons (Fsp3) is 0.588. The number of rotatable bonds is 5. The van der Waals surface area contributed by atoms with Gasteiger partial charge in [0.2, 0.25) is 5.91 Å². The first-order valence-corrected chi connectivity index (χ1v) is 9.09. The van der Waals surface area contributed by atoms with E-state index in [0.717, 1.165) is 37.7 Å². The zero-order valence-electron chi connectivity index (χ0n) is 15.8. The summed E-state index contributed by atoms with van der Waals surface area (Å²) in [5, 5.41) is 14.9. The predicted octanol–water partition coefficient (Wildman–Crippen LogP) is -0.904. The minimum atomic E-state index is -0.607. The van der Waals surface area contributed by atoms with Gasteiger partial charge in [0.05, 0.1) is 6.04 Å². The van der Waals surface area contributed by atoms with Crippen molar-refractivity contribution >= 4 is 5.91 Å². The lowest BCUT2D eigenvalue weighted by Crippen LogP contribution is -2.39. The van der Waals surface area contributed by atoms with Crippen LogP contribution in [0.4, 0.5) is 0 Å². The molecule has 2 aromatic rings. The summed E-state index contributed by atoms with van der Waals surface area (Å²) in [6.07, 6.45) is 2.18. The first-order valence-electron chi connectivity index (χ1n) is 9.09. The Morgan fingerprint density at radius 2 is 2.07 bits per heavy atom. The average Bonchev–Trinajstić information content (AvgIpc) is 2.84. The van der Waals surface area contributed by atoms with Crippen LogP contribution in [0.2, 0.25) is 0 Å². The van der Waals surface area contributed by atoms with Gasteiger partial charge in [-0.05, 0) is 12.8 Å². The van der Waals surface area contributed by atoms with Crippen LogP contribution in [-0.2, 0) is 24.3 Å². The first kappa shape index (κ1) is 19.0. The minimum absolute atomic E-state index is 0.0903. The SMILES string of the molecule is Cc1cn(CC(=O)NC(c2nnc3n2CCNCC3)C(C)C)c(=O)[nH]c1=O. The number of nitrogens with zero attached hydrogens (tertiary/aromatic N) is 4. The normalized spacial score (nSPS) is 15.3. The molecule has 1 aliphatic heterocycles. The summed E-state index contributed by atoms with van der Waals surface area (Å²) in [7, 11) is 0. The molecule has 0 saturated carbocycles. The molecule has 0 bridgehead atoms. The highest BCUT2D eigenvalue weighted by Gasteiger charge is 2.26. The highest BCUT2D eigenvalue weighted by Crippen LogP contribution is 2.21. The molecule has 0 aromatic carbocycles. The first-order chi connectivity index (χ1) is 12.9. The Morgan fingerprint density at radius 1 is 1.30 bits per heavy atom. The number of fused-ring (bicyclic) bond motifs is 1. The van der Waals surface area contributed by atoms with E-state index in [2.05, 4.69) is 30.4 Å². The van der Waals surface area contributed by atoms with Crippen LogP contribution >= 0.6 is 0 Å². The molecule has 0 radical (unpaired) electrons. The Kier molecular flexibility index (Phi) is 5.54. The van der Waals surface area contributed by atoms with Gasteiger partial charge in [-0.1, -0.05) is 13.8 Å². The van der Waals surface area contributed by atoms with Crippen LogP contribution in [0.5, 0.6) is 0 Å². The van der Waals surface area contributed by atoms with Gasteiger partial charge in [-0.2, -0.15) is 0 Å². The topological polar surface area (TPSA) is 127 Å². The van der Waals surface area contributed by atoms with Crippen molar-refractivity contribution in [2.75, 3.05) is 13.1 Å². The van der Waals surface area contributed by atoms with Crippen molar-refractivity contribution in [2.24, 2.45) is 5.92 Å². The number of aromatic nitrogens is 5.